The molecule has 60 heavy (non-hydrogen) atoms. The molecule has 2 heterocycles. The molecule has 2 aliphatic rings. The number of nitrogens with zero attached hydrogens (tertiary/aromatic N) is 2. The summed E-state index contributed by atoms with van der Waals surface area (Å²) in [6.45, 7) is 31.8. The van der Waals surface area contributed by atoms with Crippen molar-refractivity contribution < 1.29 is 27.9 Å². The zero-order valence-electron chi connectivity index (χ0n) is 39.1. The number of ether oxygens (including phenoxy) is 2. The predicted molar refractivity (Wildman–Crippen MR) is 259 cm³/mol. The maximum Gasteiger partial charge on any atom is 0.310 e. The first-order chi connectivity index (χ1) is 28.3. The summed E-state index contributed by atoms with van der Waals surface area (Å²) >= 11 is 0. The Morgan fingerprint density at radius 2 is 0.883 bits per heavy atom. The minimum absolute atomic E-state index is 0.135. The van der Waals surface area contributed by atoms with Gasteiger partial charge in [0.2, 0.25) is 0 Å². The summed E-state index contributed by atoms with van der Waals surface area (Å²) in [6, 6.07) is 16.4. The highest BCUT2D eigenvalue weighted by Gasteiger charge is 2.38. The molecule has 2 aromatic carbocycles. The van der Waals surface area contributed by atoms with Crippen molar-refractivity contribution in [2.45, 2.75) is 142 Å². The Morgan fingerprint density at radius 3 is 1.20 bits per heavy atom. The second kappa shape index (κ2) is 24.4. The molecule has 0 aromatic heterocycles. The smallest absolute Gasteiger partial charge is 0.310 e. The van der Waals surface area contributed by atoms with E-state index in [1.165, 1.54) is 25.7 Å². The summed E-state index contributed by atoms with van der Waals surface area (Å²) < 4.78 is 24.0. The van der Waals surface area contributed by atoms with Crippen molar-refractivity contribution in [1.29, 1.82) is 0 Å². The van der Waals surface area contributed by atoms with Crippen molar-refractivity contribution in [2.75, 3.05) is 64.0 Å². The maximum absolute atomic E-state index is 12.5. The molecule has 2 saturated heterocycles. The van der Waals surface area contributed by atoms with Gasteiger partial charge in [-0.3, -0.25) is 9.59 Å². The maximum atomic E-state index is 12.5. The van der Waals surface area contributed by atoms with Crippen LogP contribution in [0.3, 0.4) is 0 Å². The number of piperidine rings is 2. The lowest BCUT2D eigenvalue weighted by atomic mass is 9.94. The Balaban J connectivity index is 0.946. The molecular weight excluding hydrogens is 821 g/mol. The largest absolute Gasteiger partial charge is 0.465 e. The zero-order valence-corrected chi connectivity index (χ0v) is 42.7. The molecule has 2 fully saturated rings. The highest BCUT2D eigenvalue weighted by molar-refractivity contribution is 8.76. The minimum atomic E-state index is -1.78. The summed E-state index contributed by atoms with van der Waals surface area (Å²) in [5, 5.41) is 0.381. The van der Waals surface area contributed by atoms with Crippen LogP contribution in [0.4, 0.5) is 0 Å². The van der Waals surface area contributed by atoms with E-state index in [1.54, 1.807) is 0 Å². The van der Waals surface area contributed by atoms with E-state index in [0.717, 1.165) is 85.9 Å². The molecule has 0 N–H and O–H groups in total. The van der Waals surface area contributed by atoms with Gasteiger partial charge in [0.1, 0.15) is 0 Å². The fourth-order valence-electron chi connectivity index (χ4n) is 7.03. The molecule has 0 bridgehead atoms. The van der Waals surface area contributed by atoms with Crippen molar-refractivity contribution in [2.24, 2.45) is 11.8 Å². The van der Waals surface area contributed by atoms with Crippen LogP contribution in [0.1, 0.15) is 102 Å². The second-order valence-corrected chi connectivity index (χ2v) is 32.6. The average Bonchev–Trinajstić information content (AvgIpc) is 3.19. The molecule has 0 radical (unpaired) electrons. The lowest BCUT2D eigenvalue weighted by Gasteiger charge is -2.36. The summed E-state index contributed by atoms with van der Waals surface area (Å²) in [5.74, 6) is 3.34. The second-order valence-electron chi connectivity index (χ2n) is 20.3. The number of carbonyl (C=O) groups excluding carboxylic acids is 2. The fraction of sp³-hybridized carbons (Fsp3) is 0.708. The summed E-state index contributed by atoms with van der Waals surface area (Å²) in [5.41, 5.74) is 4.28. The number of carbonyl (C=O) groups is 2. The fourth-order valence-corrected chi connectivity index (χ4v) is 11.0. The van der Waals surface area contributed by atoms with Gasteiger partial charge in [0.15, 0.2) is 16.6 Å². The van der Waals surface area contributed by atoms with Gasteiger partial charge in [-0.1, -0.05) is 112 Å². The van der Waals surface area contributed by atoms with E-state index >= 15 is 0 Å². The van der Waals surface area contributed by atoms with Gasteiger partial charge in [-0.15, -0.1) is 0 Å². The summed E-state index contributed by atoms with van der Waals surface area (Å²) in [6.07, 6.45) is 7.33. The molecule has 338 valence electrons. The van der Waals surface area contributed by atoms with E-state index in [0.29, 0.717) is 51.1 Å². The zero-order chi connectivity index (χ0) is 43.8. The van der Waals surface area contributed by atoms with Crippen molar-refractivity contribution >= 4 is 50.2 Å². The Bertz CT molecular complexity index is 1450. The lowest BCUT2D eigenvalue weighted by Crippen LogP contribution is -2.40. The van der Waals surface area contributed by atoms with Crippen molar-refractivity contribution in [1.82, 2.24) is 9.80 Å². The highest BCUT2D eigenvalue weighted by Crippen LogP contribution is 2.38. The molecule has 2 aromatic rings. The Hall–Kier alpha value is -1.65. The van der Waals surface area contributed by atoms with Crippen LogP contribution in [0.5, 0.6) is 0 Å². The van der Waals surface area contributed by atoms with Crippen LogP contribution in [0, 0.1) is 11.8 Å². The first kappa shape index (κ1) is 51.0. The number of hydrogen-bond acceptors (Lipinski definition) is 10. The first-order valence-corrected chi connectivity index (χ1v) is 31.0. The average molecular weight is 901 g/mol. The molecule has 0 aliphatic carbocycles. The van der Waals surface area contributed by atoms with E-state index in [9.17, 15) is 9.59 Å². The van der Waals surface area contributed by atoms with Gasteiger partial charge in [-0.2, -0.15) is 0 Å². The van der Waals surface area contributed by atoms with E-state index in [4.69, 9.17) is 18.3 Å². The van der Waals surface area contributed by atoms with Gasteiger partial charge in [0.05, 0.1) is 39.3 Å². The molecule has 0 unspecified atom stereocenters. The van der Waals surface area contributed by atoms with Crippen molar-refractivity contribution in [3.8, 4) is 0 Å². The quantitative estimate of drug-likeness (QED) is 0.0466. The molecule has 8 nitrogen and oxygen atoms in total. The van der Waals surface area contributed by atoms with Crippen LogP contribution in [-0.2, 0) is 54.0 Å². The molecule has 0 spiro atoms. The lowest BCUT2D eigenvalue weighted by molar-refractivity contribution is -0.144. The van der Waals surface area contributed by atoms with Crippen molar-refractivity contribution in [3.05, 3.63) is 70.8 Å². The molecule has 4 rings (SSSR count). The number of esters is 2. The minimum Gasteiger partial charge on any atom is -0.465 e. The van der Waals surface area contributed by atoms with Crippen LogP contribution in [0.15, 0.2) is 48.5 Å². The molecule has 0 amide bonds. The van der Waals surface area contributed by atoms with E-state index in [-0.39, 0.29) is 22.0 Å². The SMILES string of the molecule is CC(C)(C)[Si](C)(C)OCc1ccc(CC(=O)OCCC2CCN(CCSSCCN3CCC(CCOC(=O)Cc4ccc(CO[Si](C)(C)C(C)(C)C)cc4)CC3)CC2)cc1. The number of rotatable bonds is 23. The van der Waals surface area contributed by atoms with Gasteiger partial charge in [0.25, 0.3) is 0 Å². The van der Waals surface area contributed by atoms with Gasteiger partial charge < -0.3 is 28.1 Å². The summed E-state index contributed by atoms with van der Waals surface area (Å²) in [4.78, 5) is 30.3. The van der Waals surface area contributed by atoms with Crippen LogP contribution in [-0.4, -0.2) is 102 Å². The predicted octanol–water partition coefficient (Wildman–Crippen LogP) is 11.2. The third kappa shape index (κ3) is 18.2. The van der Waals surface area contributed by atoms with E-state index in [1.807, 2.05) is 45.9 Å². The molecule has 0 atom stereocenters. The number of hydrogen-bond donors (Lipinski definition) is 0. The van der Waals surface area contributed by atoms with Crippen LogP contribution in [0.2, 0.25) is 36.3 Å². The number of benzene rings is 2. The first-order valence-electron chi connectivity index (χ1n) is 22.7. The molecule has 2 aliphatic heterocycles. The monoisotopic (exact) mass is 900 g/mol. The third-order valence-electron chi connectivity index (χ3n) is 13.6. The van der Waals surface area contributed by atoms with Gasteiger partial charge in [0, 0.05) is 24.6 Å². The molecular formula is C48H80N2O6S2Si2. The normalized spacial score (nSPS) is 16.9. The molecule has 0 saturated carbocycles. The Morgan fingerprint density at radius 1 is 0.567 bits per heavy atom. The van der Waals surface area contributed by atoms with Crippen molar-refractivity contribution in [3.63, 3.8) is 0 Å². The molecule has 12 heteroatoms. The van der Waals surface area contributed by atoms with Crippen LogP contribution in [0.25, 0.3) is 0 Å². The third-order valence-corrected chi connectivity index (χ3v) is 24.9. The Kier molecular flexibility index (Phi) is 20.8. The topological polar surface area (TPSA) is 77.5 Å². The van der Waals surface area contributed by atoms with Gasteiger partial charge in [-0.05, 0) is 135 Å². The van der Waals surface area contributed by atoms with E-state index < -0.39 is 16.6 Å². The van der Waals surface area contributed by atoms with E-state index in [2.05, 4.69) is 102 Å². The van der Waals surface area contributed by atoms with Gasteiger partial charge in [-0.25, -0.2) is 0 Å². The van der Waals surface area contributed by atoms with Crippen LogP contribution >= 0.6 is 21.6 Å². The summed E-state index contributed by atoms with van der Waals surface area (Å²) in [7, 11) is 0.454. The Labute approximate surface area is 375 Å². The van der Waals surface area contributed by atoms with Crippen LogP contribution < -0.4 is 0 Å². The van der Waals surface area contributed by atoms with Gasteiger partial charge >= 0.3 is 11.9 Å². The highest BCUT2D eigenvalue weighted by atomic mass is 33.1. The standard InChI is InChI=1S/C48H80N2O6S2Si2/c1-47(2,3)59(7,8)55-37-43-15-11-41(12-16-43)35-45(51)53-31-23-39-19-25-49(26-20-39)29-33-57-58-34-30-50-27-21-40(22-28-50)24-32-54-46(52)36-42-13-17-44(18-14-42)38-56-60(9,10)48(4,5)6/h11-18,39-40H,19-38H2,1-10H3. The number of likely N-dealkylation sites (tertiary alicyclic amines) is 2.